The van der Waals surface area contributed by atoms with E-state index < -0.39 is 6.10 Å². The zero-order chi connectivity index (χ0) is 24.2. The topological polar surface area (TPSA) is 79.3 Å². The molecule has 0 aromatic heterocycles. The average Bonchev–Trinajstić information content (AvgIpc) is 2.80. The van der Waals surface area contributed by atoms with E-state index >= 15 is 0 Å². The Morgan fingerprint density at radius 1 is 0.818 bits per heavy atom. The third kappa shape index (κ3) is 8.00. The van der Waals surface area contributed by atoms with Crippen LogP contribution in [0.25, 0.3) is 0 Å². The van der Waals surface area contributed by atoms with Crippen molar-refractivity contribution in [2.75, 3.05) is 39.4 Å². The second-order valence-electron chi connectivity index (χ2n) is 8.78. The molecule has 7 heteroatoms. The summed E-state index contributed by atoms with van der Waals surface area (Å²) in [5.41, 5.74) is 1.83. The van der Waals surface area contributed by atoms with Gasteiger partial charge in [-0.05, 0) is 42.9 Å². The summed E-state index contributed by atoms with van der Waals surface area (Å²) in [6, 6.07) is 5.46. The largest absolute Gasteiger partial charge is 0.508 e. The summed E-state index contributed by atoms with van der Waals surface area (Å²) in [4.78, 5) is 29.1. The Labute approximate surface area is 199 Å². The van der Waals surface area contributed by atoms with Crippen LogP contribution in [0.3, 0.4) is 0 Å². The molecule has 7 nitrogen and oxygen atoms in total. The number of fused-ring (bicyclic) bond motifs is 1. The van der Waals surface area contributed by atoms with Gasteiger partial charge in [0.15, 0.2) is 0 Å². The minimum absolute atomic E-state index is 0.00951. The highest BCUT2D eigenvalue weighted by Gasteiger charge is 2.33. The number of hydrogen-bond donors (Lipinski definition) is 1. The van der Waals surface area contributed by atoms with Gasteiger partial charge in [0.2, 0.25) is 11.8 Å². The first-order valence-electron chi connectivity index (χ1n) is 12.5. The van der Waals surface area contributed by atoms with E-state index in [2.05, 4.69) is 27.7 Å². The van der Waals surface area contributed by atoms with E-state index in [-0.39, 0.29) is 36.9 Å². The molecule has 0 heterocycles. The van der Waals surface area contributed by atoms with Crippen LogP contribution in [0.1, 0.15) is 64.5 Å². The van der Waals surface area contributed by atoms with Crippen LogP contribution in [0, 0.1) is 0 Å². The van der Waals surface area contributed by atoms with E-state index in [1.165, 1.54) is 0 Å². The van der Waals surface area contributed by atoms with Gasteiger partial charge in [-0.1, -0.05) is 39.8 Å². The van der Waals surface area contributed by atoms with Crippen molar-refractivity contribution in [3.8, 4) is 5.75 Å². The van der Waals surface area contributed by atoms with Crippen LogP contribution in [0.4, 0.5) is 0 Å². The van der Waals surface area contributed by atoms with Crippen molar-refractivity contribution in [2.24, 2.45) is 0 Å². The molecule has 1 N–H and O–H groups in total. The maximum Gasteiger partial charge on any atom is 0.248 e. The molecule has 0 aliphatic heterocycles. The number of aromatic hydroxyl groups is 1. The first-order valence-corrected chi connectivity index (χ1v) is 12.5. The molecular weight excluding hydrogens is 420 g/mol. The molecule has 1 aromatic carbocycles. The Bertz CT molecular complexity index is 742. The minimum Gasteiger partial charge on any atom is -0.508 e. The number of nitrogens with zero attached hydrogens (tertiary/aromatic N) is 2. The van der Waals surface area contributed by atoms with Gasteiger partial charge in [-0.15, -0.1) is 0 Å². The van der Waals surface area contributed by atoms with Crippen LogP contribution in [0.5, 0.6) is 5.75 Å². The predicted octanol–water partition coefficient (Wildman–Crippen LogP) is 3.56. The molecule has 1 aromatic rings. The Morgan fingerprint density at radius 2 is 1.27 bits per heavy atom. The molecule has 0 saturated carbocycles. The van der Waals surface area contributed by atoms with Gasteiger partial charge in [0.1, 0.15) is 19.0 Å². The molecule has 2 amide bonds. The number of benzene rings is 1. The summed E-state index contributed by atoms with van der Waals surface area (Å²) >= 11 is 0. The zero-order valence-corrected chi connectivity index (χ0v) is 20.8. The lowest BCUT2D eigenvalue weighted by Crippen LogP contribution is -2.44. The van der Waals surface area contributed by atoms with Gasteiger partial charge in [-0.25, -0.2) is 0 Å². The van der Waals surface area contributed by atoms with Crippen molar-refractivity contribution < 1.29 is 24.2 Å². The van der Waals surface area contributed by atoms with E-state index in [4.69, 9.17) is 9.47 Å². The van der Waals surface area contributed by atoms with E-state index in [0.29, 0.717) is 25.9 Å². The summed E-state index contributed by atoms with van der Waals surface area (Å²) in [5, 5.41) is 10.3. The quantitative estimate of drug-likeness (QED) is 0.457. The van der Waals surface area contributed by atoms with Gasteiger partial charge in [-0.3, -0.25) is 9.59 Å². The fraction of sp³-hybridized carbons (Fsp3) is 0.692. The van der Waals surface area contributed by atoms with Crippen LogP contribution in [0.2, 0.25) is 0 Å². The van der Waals surface area contributed by atoms with E-state index in [9.17, 15) is 14.7 Å². The molecule has 0 spiro atoms. The Morgan fingerprint density at radius 3 is 1.73 bits per heavy atom. The number of phenols is 1. The van der Waals surface area contributed by atoms with Gasteiger partial charge in [0, 0.05) is 39.0 Å². The van der Waals surface area contributed by atoms with Gasteiger partial charge >= 0.3 is 0 Å². The van der Waals surface area contributed by atoms with Crippen LogP contribution in [-0.2, 0) is 31.9 Å². The average molecular weight is 463 g/mol. The van der Waals surface area contributed by atoms with Gasteiger partial charge in [0.25, 0.3) is 0 Å². The highest BCUT2D eigenvalue weighted by molar-refractivity contribution is 5.78. The molecule has 186 valence electrons. The maximum atomic E-state index is 12.7. The predicted molar refractivity (Wildman–Crippen MR) is 129 cm³/mol. The normalized spacial score (nSPS) is 17.5. The molecule has 1 aliphatic rings. The van der Waals surface area contributed by atoms with Crippen molar-refractivity contribution >= 4 is 11.8 Å². The third-order valence-corrected chi connectivity index (χ3v) is 6.01. The molecule has 0 unspecified atom stereocenters. The van der Waals surface area contributed by atoms with Gasteiger partial charge < -0.3 is 24.4 Å². The molecule has 1 aliphatic carbocycles. The minimum atomic E-state index is -0.404. The number of carbonyl (C=O) groups is 2. The van der Waals surface area contributed by atoms with Crippen molar-refractivity contribution in [2.45, 2.75) is 78.4 Å². The first-order chi connectivity index (χ1) is 15.9. The van der Waals surface area contributed by atoms with E-state index in [0.717, 1.165) is 49.9 Å². The van der Waals surface area contributed by atoms with Crippen LogP contribution < -0.4 is 0 Å². The van der Waals surface area contributed by atoms with Crippen molar-refractivity contribution in [1.29, 1.82) is 0 Å². The fourth-order valence-electron chi connectivity index (χ4n) is 4.40. The highest BCUT2D eigenvalue weighted by atomic mass is 16.5. The van der Waals surface area contributed by atoms with Crippen LogP contribution in [-0.4, -0.2) is 78.3 Å². The van der Waals surface area contributed by atoms with E-state index in [1.807, 2.05) is 21.9 Å². The maximum absolute atomic E-state index is 12.7. The first kappa shape index (κ1) is 27.1. The van der Waals surface area contributed by atoms with Crippen molar-refractivity contribution in [3.05, 3.63) is 29.3 Å². The van der Waals surface area contributed by atoms with Gasteiger partial charge in [0.05, 0.1) is 12.2 Å². The lowest BCUT2D eigenvalue weighted by atomic mass is 9.87. The monoisotopic (exact) mass is 462 g/mol. The number of hydrogen-bond acceptors (Lipinski definition) is 5. The lowest BCUT2D eigenvalue weighted by Gasteiger charge is -2.34. The molecule has 0 radical (unpaired) electrons. The molecule has 0 fully saturated rings. The summed E-state index contributed by atoms with van der Waals surface area (Å²) < 4.78 is 12.2. The molecule has 2 rings (SSSR count). The van der Waals surface area contributed by atoms with Crippen LogP contribution in [0.15, 0.2) is 18.2 Å². The smallest absolute Gasteiger partial charge is 0.248 e. The number of phenolic OH excluding ortho intramolecular Hbond substituents is 1. The van der Waals surface area contributed by atoms with Crippen molar-refractivity contribution in [1.82, 2.24) is 9.80 Å². The number of amides is 2. The third-order valence-electron chi connectivity index (χ3n) is 6.01. The molecule has 0 saturated heterocycles. The molecule has 2 atom stereocenters. The highest BCUT2D eigenvalue weighted by Crippen LogP contribution is 2.31. The standard InChI is InChI=1S/C26H42N2O5/c1-5-12-27(13-6-2)25(30)18-32-23-16-20-10-9-11-22(29)21(20)17-24(23)33-19-26(31)28(14-7-3)15-8-4/h9-11,23-24,29H,5-8,12-19H2,1-4H3/t23-,24-/m0/s1. The summed E-state index contributed by atoms with van der Waals surface area (Å²) in [7, 11) is 0. The summed E-state index contributed by atoms with van der Waals surface area (Å²) in [5.74, 6) is 0.179. The van der Waals surface area contributed by atoms with Gasteiger partial charge in [-0.2, -0.15) is 0 Å². The SMILES string of the molecule is CCCN(CCC)C(=O)CO[C@H]1Cc2cccc(O)c2C[C@@H]1OCC(=O)N(CCC)CCC. The lowest BCUT2D eigenvalue weighted by molar-refractivity contribution is -0.149. The Balaban J connectivity index is 2.09. The molecule has 0 bridgehead atoms. The molecular formula is C26H42N2O5. The number of rotatable bonds is 14. The van der Waals surface area contributed by atoms with Crippen molar-refractivity contribution in [3.63, 3.8) is 0 Å². The zero-order valence-electron chi connectivity index (χ0n) is 20.8. The van der Waals surface area contributed by atoms with Crippen LogP contribution >= 0.6 is 0 Å². The Hall–Kier alpha value is -2.12. The second-order valence-corrected chi connectivity index (χ2v) is 8.78. The number of carbonyl (C=O) groups excluding carboxylic acids is 2. The summed E-state index contributed by atoms with van der Waals surface area (Å²) in [6.45, 7) is 11.0. The Kier molecular flexibility index (Phi) is 11.7. The summed E-state index contributed by atoms with van der Waals surface area (Å²) in [6.07, 6.45) is 3.83. The molecule has 33 heavy (non-hydrogen) atoms. The fourth-order valence-corrected chi connectivity index (χ4v) is 4.40. The number of ether oxygens (including phenoxy) is 2. The van der Waals surface area contributed by atoms with E-state index in [1.54, 1.807) is 6.07 Å². The second kappa shape index (κ2) is 14.2.